The number of hydrogen-bond donors (Lipinski definition) is 2. The third kappa shape index (κ3) is 2.33. The van der Waals surface area contributed by atoms with Gasteiger partial charge in [-0.3, -0.25) is 4.90 Å². The number of benzene rings is 1. The lowest BCUT2D eigenvalue weighted by Crippen LogP contribution is -2.42. The van der Waals surface area contributed by atoms with Gasteiger partial charge in [0.05, 0.1) is 7.11 Å². The first-order valence-electron chi connectivity index (χ1n) is 6.86. The van der Waals surface area contributed by atoms with Crippen molar-refractivity contribution in [2.75, 3.05) is 33.3 Å². The molecular formula is C15H21N3O. The number of nitrogens with one attached hydrogen (secondary N) is 2. The van der Waals surface area contributed by atoms with Crippen LogP contribution in [0.3, 0.4) is 0 Å². The van der Waals surface area contributed by atoms with Crippen molar-refractivity contribution in [2.24, 2.45) is 0 Å². The van der Waals surface area contributed by atoms with Crippen LogP contribution in [-0.2, 0) is 6.54 Å². The summed E-state index contributed by atoms with van der Waals surface area (Å²) in [6.45, 7) is 7.45. The Labute approximate surface area is 113 Å². The van der Waals surface area contributed by atoms with Gasteiger partial charge >= 0.3 is 0 Å². The summed E-state index contributed by atoms with van der Waals surface area (Å²) in [6, 6.07) is 4.33. The second-order valence-electron chi connectivity index (χ2n) is 5.18. The van der Waals surface area contributed by atoms with Crippen molar-refractivity contribution < 1.29 is 4.74 Å². The van der Waals surface area contributed by atoms with Gasteiger partial charge < -0.3 is 15.0 Å². The monoisotopic (exact) mass is 259 g/mol. The molecule has 1 fully saturated rings. The molecule has 1 aliphatic rings. The molecule has 1 saturated heterocycles. The van der Waals surface area contributed by atoms with Gasteiger partial charge in [0, 0.05) is 55.4 Å². The van der Waals surface area contributed by atoms with Gasteiger partial charge in [-0.15, -0.1) is 0 Å². The van der Waals surface area contributed by atoms with E-state index in [1.807, 2.05) is 6.20 Å². The lowest BCUT2D eigenvalue weighted by atomic mass is 10.1. The van der Waals surface area contributed by atoms with Crippen molar-refractivity contribution in [1.82, 2.24) is 15.2 Å². The van der Waals surface area contributed by atoms with Gasteiger partial charge in [-0.2, -0.15) is 0 Å². The van der Waals surface area contributed by atoms with Crippen LogP contribution in [0.2, 0.25) is 0 Å². The molecule has 2 heterocycles. The van der Waals surface area contributed by atoms with E-state index in [2.05, 4.69) is 34.3 Å². The number of piperazine rings is 1. The Morgan fingerprint density at radius 1 is 1.26 bits per heavy atom. The minimum Gasteiger partial charge on any atom is -0.496 e. The average Bonchev–Trinajstić information content (AvgIpc) is 2.82. The molecule has 3 rings (SSSR count). The Bertz CT molecular complexity index is 570. The van der Waals surface area contributed by atoms with E-state index in [9.17, 15) is 0 Å². The number of aryl methyl sites for hydroxylation is 1. The highest BCUT2D eigenvalue weighted by Crippen LogP contribution is 2.32. The van der Waals surface area contributed by atoms with Gasteiger partial charge in [0.25, 0.3) is 0 Å². The van der Waals surface area contributed by atoms with Crippen LogP contribution in [0.15, 0.2) is 18.3 Å². The molecule has 0 radical (unpaired) electrons. The van der Waals surface area contributed by atoms with E-state index in [1.54, 1.807) is 7.11 Å². The van der Waals surface area contributed by atoms with E-state index in [4.69, 9.17) is 4.74 Å². The summed E-state index contributed by atoms with van der Waals surface area (Å²) in [5.41, 5.74) is 3.67. The van der Waals surface area contributed by atoms with E-state index in [0.717, 1.165) is 44.0 Å². The quantitative estimate of drug-likeness (QED) is 0.884. The molecule has 1 aromatic heterocycles. The van der Waals surface area contributed by atoms with Gasteiger partial charge in [-0.1, -0.05) is 6.07 Å². The predicted octanol–water partition coefficient (Wildman–Crippen LogP) is 1.89. The van der Waals surface area contributed by atoms with Crippen LogP contribution in [0.25, 0.3) is 10.9 Å². The molecule has 0 saturated carbocycles. The molecule has 0 aliphatic carbocycles. The van der Waals surface area contributed by atoms with E-state index in [-0.39, 0.29) is 0 Å². The Kier molecular flexibility index (Phi) is 3.44. The van der Waals surface area contributed by atoms with Crippen LogP contribution in [0.1, 0.15) is 11.1 Å². The second kappa shape index (κ2) is 5.23. The van der Waals surface area contributed by atoms with Gasteiger partial charge in [-0.25, -0.2) is 0 Å². The number of methoxy groups -OCH3 is 1. The third-order valence-electron chi connectivity index (χ3n) is 3.89. The van der Waals surface area contributed by atoms with Crippen molar-refractivity contribution in [3.63, 3.8) is 0 Å². The zero-order valence-electron chi connectivity index (χ0n) is 11.6. The average molecular weight is 259 g/mol. The van der Waals surface area contributed by atoms with Crippen molar-refractivity contribution in [3.8, 4) is 5.75 Å². The molecule has 4 heteroatoms. The SMILES string of the molecule is COc1c(CN2CCNCC2)ccc2[nH]cc(C)c12. The fraction of sp³-hybridized carbons (Fsp3) is 0.467. The molecular weight excluding hydrogens is 238 g/mol. The number of rotatable bonds is 3. The van der Waals surface area contributed by atoms with Crippen LogP contribution < -0.4 is 10.1 Å². The fourth-order valence-electron chi connectivity index (χ4n) is 2.86. The molecule has 1 aliphatic heterocycles. The predicted molar refractivity (Wildman–Crippen MR) is 77.7 cm³/mol. The van der Waals surface area contributed by atoms with E-state index >= 15 is 0 Å². The number of nitrogens with zero attached hydrogens (tertiary/aromatic N) is 1. The molecule has 0 unspecified atom stereocenters. The molecule has 4 nitrogen and oxygen atoms in total. The number of aromatic nitrogens is 1. The molecule has 102 valence electrons. The van der Waals surface area contributed by atoms with Crippen molar-refractivity contribution >= 4 is 10.9 Å². The largest absolute Gasteiger partial charge is 0.496 e. The Balaban J connectivity index is 1.95. The Hall–Kier alpha value is -1.52. The lowest BCUT2D eigenvalue weighted by molar-refractivity contribution is 0.230. The minimum atomic E-state index is 0.964. The summed E-state index contributed by atoms with van der Waals surface area (Å²) in [5, 5.41) is 4.60. The van der Waals surface area contributed by atoms with Crippen LogP contribution in [-0.4, -0.2) is 43.2 Å². The standard InChI is InChI=1S/C15H21N3O/c1-11-9-17-13-4-3-12(15(19-2)14(11)13)10-18-7-5-16-6-8-18/h3-4,9,16-17H,5-8,10H2,1-2H3. The molecule has 2 N–H and O–H groups in total. The maximum atomic E-state index is 5.68. The van der Waals surface area contributed by atoms with Crippen LogP contribution in [0.5, 0.6) is 5.75 Å². The summed E-state index contributed by atoms with van der Waals surface area (Å²) < 4.78 is 5.68. The number of fused-ring (bicyclic) bond motifs is 1. The maximum Gasteiger partial charge on any atom is 0.132 e. The number of ether oxygens (including phenoxy) is 1. The van der Waals surface area contributed by atoms with Gasteiger partial charge in [-0.05, 0) is 18.6 Å². The lowest BCUT2D eigenvalue weighted by Gasteiger charge is -2.27. The van der Waals surface area contributed by atoms with Crippen molar-refractivity contribution in [3.05, 3.63) is 29.5 Å². The Morgan fingerprint density at radius 3 is 2.79 bits per heavy atom. The van der Waals surface area contributed by atoms with Crippen molar-refractivity contribution in [2.45, 2.75) is 13.5 Å². The van der Waals surface area contributed by atoms with E-state index in [1.165, 1.54) is 16.5 Å². The number of aromatic amines is 1. The zero-order valence-corrected chi connectivity index (χ0v) is 11.6. The highest BCUT2D eigenvalue weighted by molar-refractivity contribution is 5.90. The van der Waals surface area contributed by atoms with Gasteiger partial charge in [0.2, 0.25) is 0 Å². The zero-order chi connectivity index (χ0) is 13.2. The fourth-order valence-corrected chi connectivity index (χ4v) is 2.86. The van der Waals surface area contributed by atoms with Crippen LogP contribution in [0.4, 0.5) is 0 Å². The van der Waals surface area contributed by atoms with Gasteiger partial charge in [0.1, 0.15) is 5.75 Å². The minimum absolute atomic E-state index is 0.964. The normalized spacial score (nSPS) is 16.9. The summed E-state index contributed by atoms with van der Waals surface area (Å²) in [7, 11) is 1.77. The molecule has 0 spiro atoms. The van der Waals surface area contributed by atoms with Gasteiger partial charge in [0.15, 0.2) is 0 Å². The molecule has 0 bridgehead atoms. The van der Waals surface area contributed by atoms with Crippen molar-refractivity contribution in [1.29, 1.82) is 0 Å². The Morgan fingerprint density at radius 2 is 2.05 bits per heavy atom. The first-order chi connectivity index (χ1) is 9.29. The third-order valence-corrected chi connectivity index (χ3v) is 3.89. The number of hydrogen-bond acceptors (Lipinski definition) is 3. The summed E-state index contributed by atoms with van der Waals surface area (Å²) >= 11 is 0. The summed E-state index contributed by atoms with van der Waals surface area (Å²) in [6.07, 6.45) is 2.04. The first-order valence-corrected chi connectivity index (χ1v) is 6.86. The smallest absolute Gasteiger partial charge is 0.132 e. The first kappa shape index (κ1) is 12.5. The molecule has 0 atom stereocenters. The topological polar surface area (TPSA) is 40.3 Å². The second-order valence-corrected chi connectivity index (χ2v) is 5.18. The molecule has 19 heavy (non-hydrogen) atoms. The highest BCUT2D eigenvalue weighted by Gasteiger charge is 2.16. The molecule has 2 aromatic rings. The highest BCUT2D eigenvalue weighted by atomic mass is 16.5. The van der Waals surface area contributed by atoms with Crippen LogP contribution >= 0.6 is 0 Å². The maximum absolute atomic E-state index is 5.68. The van der Waals surface area contributed by atoms with E-state index in [0.29, 0.717) is 0 Å². The molecule has 1 aromatic carbocycles. The summed E-state index contributed by atoms with van der Waals surface area (Å²) in [5.74, 6) is 1.02. The molecule has 0 amide bonds. The summed E-state index contributed by atoms with van der Waals surface area (Å²) in [4.78, 5) is 5.76. The van der Waals surface area contributed by atoms with Crippen LogP contribution in [0, 0.1) is 6.92 Å². The number of H-pyrrole nitrogens is 1. The van der Waals surface area contributed by atoms with E-state index < -0.39 is 0 Å².